The van der Waals surface area contributed by atoms with E-state index in [4.69, 9.17) is 21.1 Å². The van der Waals surface area contributed by atoms with Crippen LogP contribution in [0.1, 0.15) is 11.1 Å². The Bertz CT molecular complexity index is 676. The van der Waals surface area contributed by atoms with Gasteiger partial charge in [0.15, 0.2) is 11.5 Å². The number of hydrogen-bond acceptors (Lipinski definition) is 3. The molecule has 1 heterocycles. The van der Waals surface area contributed by atoms with Crippen LogP contribution in [-0.2, 0) is 6.54 Å². The number of rotatable bonds is 3. The predicted molar refractivity (Wildman–Crippen MR) is 88.6 cm³/mol. The summed E-state index contributed by atoms with van der Waals surface area (Å²) in [5.41, 5.74) is 3.33. The van der Waals surface area contributed by atoms with Crippen LogP contribution in [0.5, 0.6) is 11.5 Å². The van der Waals surface area contributed by atoms with Gasteiger partial charge in [-0.15, -0.1) is 0 Å². The van der Waals surface area contributed by atoms with Crippen molar-refractivity contribution in [3.05, 3.63) is 51.0 Å². The Labute approximate surface area is 137 Å². The Morgan fingerprint density at radius 3 is 2.90 bits per heavy atom. The average molecular weight is 369 g/mol. The molecule has 1 aliphatic rings. The normalized spacial score (nSPS) is 13.1. The van der Waals surface area contributed by atoms with Crippen molar-refractivity contribution in [3.63, 3.8) is 0 Å². The summed E-state index contributed by atoms with van der Waals surface area (Å²) in [6, 6.07) is 9.98. The molecule has 2 aromatic carbocycles. The Morgan fingerprint density at radius 2 is 2.05 bits per heavy atom. The molecule has 21 heavy (non-hydrogen) atoms. The number of anilines is 1. The highest BCUT2D eigenvalue weighted by Crippen LogP contribution is 2.38. The van der Waals surface area contributed by atoms with Crippen LogP contribution in [0.4, 0.5) is 5.69 Å². The van der Waals surface area contributed by atoms with E-state index in [1.54, 1.807) is 0 Å². The fourth-order valence-corrected chi connectivity index (χ4v) is 2.92. The molecule has 0 saturated carbocycles. The monoisotopic (exact) mass is 367 g/mol. The minimum atomic E-state index is 0.543. The van der Waals surface area contributed by atoms with Crippen molar-refractivity contribution in [2.45, 2.75) is 13.5 Å². The number of halogens is 2. The molecule has 0 aromatic heterocycles. The molecule has 5 heteroatoms. The van der Waals surface area contributed by atoms with Gasteiger partial charge in [-0.3, -0.25) is 0 Å². The maximum absolute atomic E-state index is 6.25. The molecule has 0 saturated heterocycles. The van der Waals surface area contributed by atoms with Crippen molar-refractivity contribution in [2.24, 2.45) is 0 Å². The summed E-state index contributed by atoms with van der Waals surface area (Å²) in [4.78, 5) is 0. The number of nitrogens with one attached hydrogen (secondary N) is 1. The molecule has 110 valence electrons. The lowest BCUT2D eigenvalue weighted by Crippen LogP contribution is -2.16. The molecule has 0 atom stereocenters. The van der Waals surface area contributed by atoms with Crippen LogP contribution in [0, 0.1) is 6.92 Å². The largest absolute Gasteiger partial charge is 0.486 e. The fourth-order valence-electron chi connectivity index (χ4n) is 2.26. The maximum Gasteiger partial charge on any atom is 0.179 e. The summed E-state index contributed by atoms with van der Waals surface area (Å²) in [7, 11) is 0. The van der Waals surface area contributed by atoms with Crippen molar-refractivity contribution in [1.82, 2.24) is 0 Å². The zero-order chi connectivity index (χ0) is 14.8. The van der Waals surface area contributed by atoms with E-state index >= 15 is 0 Å². The van der Waals surface area contributed by atoms with E-state index in [1.165, 1.54) is 5.56 Å². The van der Waals surface area contributed by atoms with Gasteiger partial charge in [0.2, 0.25) is 0 Å². The first-order valence-corrected chi connectivity index (χ1v) is 7.89. The first kappa shape index (κ1) is 14.5. The summed E-state index contributed by atoms with van der Waals surface area (Å²) in [6.45, 7) is 3.85. The van der Waals surface area contributed by atoms with Gasteiger partial charge in [-0.1, -0.05) is 33.6 Å². The number of benzene rings is 2. The van der Waals surface area contributed by atoms with E-state index in [0.717, 1.165) is 21.5 Å². The van der Waals surface area contributed by atoms with Crippen molar-refractivity contribution in [1.29, 1.82) is 0 Å². The minimum Gasteiger partial charge on any atom is -0.486 e. The number of fused-ring (bicyclic) bond motifs is 1. The molecule has 2 aromatic rings. The topological polar surface area (TPSA) is 30.5 Å². The molecule has 0 radical (unpaired) electrons. The Kier molecular flexibility index (Phi) is 4.27. The molecule has 3 nitrogen and oxygen atoms in total. The van der Waals surface area contributed by atoms with E-state index in [9.17, 15) is 0 Å². The molecular formula is C16H15BrClNO2. The van der Waals surface area contributed by atoms with Crippen molar-refractivity contribution >= 4 is 33.2 Å². The molecule has 1 N–H and O–H groups in total. The molecule has 0 spiro atoms. The second kappa shape index (κ2) is 6.16. The summed E-state index contributed by atoms with van der Waals surface area (Å²) < 4.78 is 12.2. The highest BCUT2D eigenvalue weighted by atomic mass is 79.9. The zero-order valence-corrected chi connectivity index (χ0v) is 13.9. The third kappa shape index (κ3) is 3.11. The van der Waals surface area contributed by atoms with Gasteiger partial charge in [0, 0.05) is 16.7 Å². The minimum absolute atomic E-state index is 0.543. The van der Waals surface area contributed by atoms with Gasteiger partial charge in [-0.05, 0) is 42.3 Å². The molecule has 0 aliphatic carbocycles. The van der Waals surface area contributed by atoms with E-state index in [0.29, 0.717) is 30.5 Å². The molecule has 0 fully saturated rings. The molecule has 0 bridgehead atoms. The van der Waals surface area contributed by atoms with E-state index in [2.05, 4.69) is 34.2 Å². The van der Waals surface area contributed by atoms with Crippen LogP contribution in [0.25, 0.3) is 0 Å². The lowest BCUT2D eigenvalue weighted by molar-refractivity contribution is 0.171. The Morgan fingerprint density at radius 1 is 1.24 bits per heavy atom. The first-order chi connectivity index (χ1) is 10.1. The summed E-state index contributed by atoms with van der Waals surface area (Å²) >= 11 is 9.78. The van der Waals surface area contributed by atoms with Crippen LogP contribution in [0.3, 0.4) is 0 Å². The highest BCUT2D eigenvalue weighted by Gasteiger charge is 2.16. The van der Waals surface area contributed by atoms with Crippen LogP contribution in [-0.4, -0.2) is 13.2 Å². The summed E-state index contributed by atoms with van der Waals surface area (Å²) in [6.07, 6.45) is 0. The average Bonchev–Trinajstić information content (AvgIpc) is 2.49. The maximum atomic E-state index is 6.25. The number of hydrogen-bond donors (Lipinski definition) is 1. The predicted octanol–water partition coefficient (Wildman–Crippen LogP) is 4.79. The van der Waals surface area contributed by atoms with Gasteiger partial charge in [-0.25, -0.2) is 0 Å². The second-order valence-electron chi connectivity index (χ2n) is 4.87. The van der Waals surface area contributed by atoms with Gasteiger partial charge < -0.3 is 14.8 Å². The fraction of sp³-hybridized carbons (Fsp3) is 0.250. The van der Waals surface area contributed by atoms with Gasteiger partial charge in [0.25, 0.3) is 0 Å². The van der Waals surface area contributed by atoms with E-state index in [-0.39, 0.29) is 0 Å². The third-order valence-electron chi connectivity index (χ3n) is 3.41. The van der Waals surface area contributed by atoms with E-state index < -0.39 is 0 Å². The van der Waals surface area contributed by atoms with Gasteiger partial charge >= 0.3 is 0 Å². The summed E-state index contributed by atoms with van der Waals surface area (Å²) in [5, 5.41) is 4.01. The quantitative estimate of drug-likeness (QED) is 0.844. The van der Waals surface area contributed by atoms with E-state index in [1.807, 2.05) is 24.3 Å². The zero-order valence-electron chi connectivity index (χ0n) is 11.6. The molecule has 0 unspecified atom stereocenters. The van der Waals surface area contributed by atoms with Crippen LogP contribution >= 0.6 is 27.5 Å². The second-order valence-corrected chi connectivity index (χ2v) is 6.13. The van der Waals surface area contributed by atoms with Crippen molar-refractivity contribution < 1.29 is 9.47 Å². The Balaban J connectivity index is 1.79. The SMILES string of the molecule is Cc1c(Br)cccc1NCc1cc(Cl)c2c(c1)OCCO2. The van der Waals surface area contributed by atoms with Crippen LogP contribution in [0.15, 0.2) is 34.8 Å². The molecule has 0 amide bonds. The van der Waals surface area contributed by atoms with Gasteiger partial charge in [0.1, 0.15) is 13.2 Å². The van der Waals surface area contributed by atoms with Gasteiger partial charge in [-0.2, -0.15) is 0 Å². The highest BCUT2D eigenvalue weighted by molar-refractivity contribution is 9.10. The third-order valence-corrected chi connectivity index (χ3v) is 4.55. The number of ether oxygens (including phenoxy) is 2. The van der Waals surface area contributed by atoms with Gasteiger partial charge in [0.05, 0.1) is 5.02 Å². The Hall–Kier alpha value is -1.39. The first-order valence-electron chi connectivity index (χ1n) is 6.72. The van der Waals surface area contributed by atoms with Crippen molar-refractivity contribution in [2.75, 3.05) is 18.5 Å². The molecule has 3 rings (SSSR count). The molecule has 1 aliphatic heterocycles. The molecular weight excluding hydrogens is 354 g/mol. The van der Waals surface area contributed by atoms with Crippen LogP contribution < -0.4 is 14.8 Å². The van der Waals surface area contributed by atoms with Crippen LogP contribution in [0.2, 0.25) is 5.02 Å². The lowest BCUT2D eigenvalue weighted by Gasteiger charge is -2.20. The van der Waals surface area contributed by atoms with Crippen molar-refractivity contribution in [3.8, 4) is 11.5 Å². The smallest absolute Gasteiger partial charge is 0.179 e. The summed E-state index contributed by atoms with van der Waals surface area (Å²) in [5.74, 6) is 1.36. The lowest BCUT2D eigenvalue weighted by atomic mass is 10.1. The standard InChI is InChI=1S/C16H15BrClNO2/c1-10-12(17)3-2-4-14(10)19-9-11-7-13(18)16-15(8-11)20-5-6-21-16/h2-4,7-8,19H,5-6,9H2,1H3.